The minimum atomic E-state index is 0. The van der Waals surface area contributed by atoms with E-state index in [1.54, 1.807) is 0 Å². The first-order chi connectivity index (χ1) is 0. The molecular weight excluding hydrogens is 281 g/mol. The SMILES string of the molecule is Br.Br.Cl.[Rb]. The van der Waals surface area contributed by atoms with Crippen LogP contribution in [0.2, 0.25) is 0 Å². The first-order valence-electron chi connectivity index (χ1n) is 0. The maximum Gasteiger partial charge on any atom is 0 e. The van der Waals surface area contributed by atoms with Gasteiger partial charge in [-0.1, -0.05) is 0 Å². The maximum atomic E-state index is 0. The molecule has 0 unspecified atom stereocenters. The van der Waals surface area contributed by atoms with Gasteiger partial charge in [-0.2, -0.15) is 0 Å². The van der Waals surface area contributed by atoms with Gasteiger partial charge in [-0.3, -0.25) is 0 Å². The van der Waals surface area contributed by atoms with E-state index in [1.807, 2.05) is 0 Å². The standard InChI is InChI=1S/2BrH.ClH.Rb/h3*1H;. The van der Waals surface area contributed by atoms with Crippen LogP contribution in [-0.2, 0) is 0 Å². The van der Waals surface area contributed by atoms with Crippen molar-refractivity contribution < 1.29 is 0 Å². The summed E-state index contributed by atoms with van der Waals surface area (Å²) in [5, 5.41) is 0. The van der Waals surface area contributed by atoms with Crippen molar-refractivity contribution in [1.29, 1.82) is 0 Å². The Morgan fingerprint density at radius 1 is 0.750 bits per heavy atom. The van der Waals surface area contributed by atoms with E-state index in [2.05, 4.69) is 0 Å². The molecule has 0 nitrogen and oxygen atoms in total. The Hall–Kier alpha value is 3.06. The fourth-order valence-electron chi connectivity index (χ4n) is 0. The largest absolute Gasteiger partial charge is 0.147 e. The third-order valence-corrected chi connectivity index (χ3v) is 0. The van der Waals surface area contributed by atoms with Crippen LogP contribution in [0.15, 0.2) is 0 Å². The molecule has 0 atom stereocenters. The van der Waals surface area contributed by atoms with Gasteiger partial charge in [0.1, 0.15) is 0 Å². The summed E-state index contributed by atoms with van der Waals surface area (Å²) in [6.45, 7) is 0. The smallest absolute Gasteiger partial charge is 0 e. The summed E-state index contributed by atoms with van der Waals surface area (Å²) in [6.07, 6.45) is 0. The van der Waals surface area contributed by atoms with Gasteiger partial charge in [-0.15, -0.1) is 46.4 Å². The second kappa shape index (κ2) is 16.6. The van der Waals surface area contributed by atoms with Crippen LogP contribution in [0.3, 0.4) is 0 Å². The Morgan fingerprint density at radius 2 is 0.750 bits per heavy atom. The molecule has 0 amide bonds. The number of hydrogen-bond acceptors (Lipinski definition) is 0. The molecule has 0 aliphatic heterocycles. The maximum absolute atomic E-state index is 0. The fraction of sp³-hybridized carbons (Fsp3) is 0. The number of halogens is 3. The topological polar surface area (TPSA) is 0 Å². The van der Waals surface area contributed by atoms with Crippen LogP contribution in [0.4, 0.5) is 0 Å². The normalized spacial score (nSPS) is 0. The van der Waals surface area contributed by atoms with Crippen LogP contribution in [-0.4, -0.2) is 58.2 Å². The van der Waals surface area contributed by atoms with Crippen molar-refractivity contribution in [2.24, 2.45) is 0 Å². The van der Waals surface area contributed by atoms with Gasteiger partial charge in [0.25, 0.3) is 0 Å². The molecule has 0 saturated carbocycles. The molecule has 4 heteroatoms. The summed E-state index contributed by atoms with van der Waals surface area (Å²) in [4.78, 5) is 0. The van der Waals surface area contributed by atoms with Crippen molar-refractivity contribution in [1.82, 2.24) is 0 Å². The Balaban J connectivity index is 0. The van der Waals surface area contributed by atoms with E-state index in [-0.39, 0.29) is 105 Å². The van der Waals surface area contributed by atoms with Crippen molar-refractivity contribution in [3.05, 3.63) is 0 Å². The van der Waals surface area contributed by atoms with Gasteiger partial charge in [-0.05, 0) is 0 Å². The summed E-state index contributed by atoms with van der Waals surface area (Å²) in [7, 11) is 0. The molecule has 0 aliphatic rings. The van der Waals surface area contributed by atoms with Gasteiger partial charge in [0.05, 0.1) is 0 Å². The van der Waals surface area contributed by atoms with E-state index in [9.17, 15) is 0 Å². The Kier molecular flexibility index (Phi) is 115. The number of hydrogen-bond donors (Lipinski definition) is 0. The van der Waals surface area contributed by atoms with E-state index in [4.69, 9.17) is 0 Å². The summed E-state index contributed by atoms with van der Waals surface area (Å²) in [5.41, 5.74) is 0. The van der Waals surface area contributed by atoms with E-state index < -0.39 is 0 Å². The molecule has 0 saturated heterocycles. The molecule has 0 aliphatic carbocycles. The molecular formula is H3Br2ClRb. The molecule has 1 radical (unpaired) electrons. The summed E-state index contributed by atoms with van der Waals surface area (Å²) in [5.74, 6) is 0. The average Bonchev–Trinajstić information content (AvgIpc) is 0. The molecule has 4 heavy (non-hydrogen) atoms. The number of rotatable bonds is 0. The molecule has 0 heterocycles. The predicted molar refractivity (Wildman–Crippen MR) is 33.6 cm³/mol. The van der Waals surface area contributed by atoms with Crippen LogP contribution >= 0.6 is 46.4 Å². The quantitative estimate of drug-likeness (QED) is 0.627. The molecule has 0 fully saturated rings. The predicted octanol–water partition coefficient (Wildman–Crippen LogP) is 1.20. The Morgan fingerprint density at radius 3 is 0.750 bits per heavy atom. The van der Waals surface area contributed by atoms with Gasteiger partial charge in [0.2, 0.25) is 0 Å². The summed E-state index contributed by atoms with van der Waals surface area (Å²) >= 11 is 0. The molecule has 0 N–H and O–H groups in total. The minimum Gasteiger partial charge on any atom is -0.147 e. The molecule has 0 aromatic carbocycles. The first-order valence-corrected chi connectivity index (χ1v) is 0. The zero-order valence-corrected chi connectivity index (χ0v) is 11.4. The van der Waals surface area contributed by atoms with Crippen LogP contribution in [0.5, 0.6) is 0 Å². The molecule has 0 rings (SSSR count). The second-order valence-corrected chi connectivity index (χ2v) is 0. The minimum absolute atomic E-state index is 0. The van der Waals surface area contributed by atoms with Crippen molar-refractivity contribution in [3.63, 3.8) is 0 Å². The molecule has 0 aromatic heterocycles. The van der Waals surface area contributed by atoms with Crippen LogP contribution in [0.25, 0.3) is 0 Å². The second-order valence-electron chi connectivity index (χ2n) is 0. The molecule has 25 valence electrons. The molecule has 0 aromatic rings. The summed E-state index contributed by atoms with van der Waals surface area (Å²) in [6, 6.07) is 0. The van der Waals surface area contributed by atoms with E-state index in [0.717, 1.165) is 0 Å². The van der Waals surface area contributed by atoms with Gasteiger partial charge in [0, 0.05) is 58.2 Å². The molecule has 0 spiro atoms. The Bertz CT molecular complexity index is 6.00. The fourth-order valence-corrected chi connectivity index (χ4v) is 0. The third-order valence-electron chi connectivity index (χ3n) is 0. The molecule has 0 bridgehead atoms. The van der Waals surface area contributed by atoms with Crippen molar-refractivity contribution in [3.8, 4) is 0 Å². The summed E-state index contributed by atoms with van der Waals surface area (Å²) < 4.78 is 0. The van der Waals surface area contributed by atoms with Crippen LogP contribution in [0.1, 0.15) is 0 Å². The van der Waals surface area contributed by atoms with Gasteiger partial charge >= 0.3 is 0 Å². The van der Waals surface area contributed by atoms with Crippen molar-refractivity contribution in [2.45, 2.75) is 0 Å². The van der Waals surface area contributed by atoms with E-state index in [1.165, 1.54) is 0 Å². The average molecular weight is 284 g/mol. The monoisotopic (exact) mass is 281 g/mol. The van der Waals surface area contributed by atoms with E-state index in [0.29, 0.717) is 0 Å². The zero-order chi connectivity index (χ0) is 0. The van der Waals surface area contributed by atoms with Gasteiger partial charge < -0.3 is 0 Å². The third kappa shape index (κ3) is 8.91. The van der Waals surface area contributed by atoms with Gasteiger partial charge in [0.15, 0.2) is 0 Å². The first kappa shape index (κ1) is 27.7. The van der Waals surface area contributed by atoms with Crippen molar-refractivity contribution in [2.75, 3.05) is 0 Å². The van der Waals surface area contributed by atoms with E-state index >= 15 is 0 Å². The van der Waals surface area contributed by atoms with Gasteiger partial charge in [-0.25, -0.2) is 0 Å². The van der Waals surface area contributed by atoms with Crippen LogP contribution in [0, 0.1) is 0 Å². The van der Waals surface area contributed by atoms with Crippen molar-refractivity contribution >= 4 is 105 Å². The Labute approximate surface area is 102 Å². The van der Waals surface area contributed by atoms with Crippen LogP contribution < -0.4 is 0 Å². The zero-order valence-electron chi connectivity index (χ0n) is 2.22.